The van der Waals surface area contributed by atoms with Gasteiger partial charge in [0.1, 0.15) is 17.6 Å². The molecule has 6 heteroatoms. The maximum atomic E-state index is 10.4. The largest absolute Gasteiger partial charge is 0.480 e. The van der Waals surface area contributed by atoms with Crippen molar-refractivity contribution in [1.82, 2.24) is 9.97 Å². The van der Waals surface area contributed by atoms with Crippen LogP contribution in [0.2, 0.25) is 0 Å². The van der Waals surface area contributed by atoms with E-state index in [1.165, 1.54) is 27.3 Å². The lowest BCUT2D eigenvalue weighted by Crippen LogP contribution is -2.24. The highest BCUT2D eigenvalue weighted by molar-refractivity contribution is 5.52. The third-order valence-corrected chi connectivity index (χ3v) is 2.11. The highest BCUT2D eigenvalue weighted by Gasteiger charge is 2.29. The zero-order valence-corrected chi connectivity index (χ0v) is 9.43. The van der Waals surface area contributed by atoms with E-state index in [9.17, 15) is 9.90 Å². The molecule has 0 aliphatic carbocycles. The Bertz CT molecular complexity index is 379. The number of methoxy groups -OCH3 is 2. The van der Waals surface area contributed by atoms with Gasteiger partial charge in [-0.3, -0.25) is 0 Å². The lowest BCUT2D eigenvalue weighted by atomic mass is 9.99. The van der Waals surface area contributed by atoms with E-state index in [0.717, 1.165) is 0 Å². The van der Waals surface area contributed by atoms with E-state index in [1.807, 2.05) is 0 Å². The summed E-state index contributed by atoms with van der Waals surface area (Å²) in [6.07, 6.45) is 1.90. The van der Waals surface area contributed by atoms with Gasteiger partial charge >= 0.3 is 0 Å². The minimum Gasteiger partial charge on any atom is -0.480 e. The lowest BCUT2D eigenvalue weighted by molar-refractivity contribution is -0.112. The van der Waals surface area contributed by atoms with Crippen LogP contribution in [0.5, 0.6) is 11.8 Å². The Labute approximate surface area is 93.2 Å². The van der Waals surface area contributed by atoms with Crippen LogP contribution < -0.4 is 9.47 Å². The molecule has 1 unspecified atom stereocenters. The van der Waals surface area contributed by atoms with Crippen molar-refractivity contribution in [2.45, 2.75) is 18.9 Å². The molecule has 0 aromatic carbocycles. The van der Waals surface area contributed by atoms with Crippen molar-refractivity contribution in [2.75, 3.05) is 14.2 Å². The molecule has 1 rings (SSSR count). The van der Waals surface area contributed by atoms with Gasteiger partial charge in [-0.15, -0.1) is 0 Å². The second-order valence-corrected chi connectivity index (χ2v) is 3.41. The minimum absolute atomic E-state index is 0.0790. The molecule has 88 valence electrons. The first-order valence-electron chi connectivity index (χ1n) is 4.66. The summed E-state index contributed by atoms with van der Waals surface area (Å²) in [5.74, 6) is 0.425. The summed E-state index contributed by atoms with van der Waals surface area (Å²) in [5.41, 5.74) is -1.19. The summed E-state index contributed by atoms with van der Waals surface area (Å²) in [5, 5.41) is 10.0. The van der Waals surface area contributed by atoms with E-state index in [4.69, 9.17) is 9.47 Å². The maximum Gasteiger partial charge on any atom is 0.241 e. The molecular weight excluding hydrogens is 212 g/mol. The van der Waals surface area contributed by atoms with E-state index >= 15 is 0 Å². The quantitative estimate of drug-likeness (QED) is 0.727. The van der Waals surface area contributed by atoms with Crippen LogP contribution in [-0.4, -0.2) is 35.6 Å². The van der Waals surface area contributed by atoms with Crippen molar-refractivity contribution in [1.29, 1.82) is 0 Å². The van der Waals surface area contributed by atoms with Crippen LogP contribution >= 0.6 is 0 Å². The van der Waals surface area contributed by atoms with Gasteiger partial charge in [-0.1, -0.05) is 0 Å². The molecule has 0 bridgehead atoms. The van der Waals surface area contributed by atoms with Crippen LogP contribution in [0.1, 0.15) is 19.0 Å². The van der Waals surface area contributed by atoms with E-state index in [-0.39, 0.29) is 23.9 Å². The van der Waals surface area contributed by atoms with Crippen molar-refractivity contribution in [3.8, 4) is 11.8 Å². The minimum atomic E-state index is -1.40. The van der Waals surface area contributed by atoms with Gasteiger partial charge in [-0.2, -0.15) is 4.98 Å². The second-order valence-electron chi connectivity index (χ2n) is 3.41. The molecule has 1 atom stereocenters. The Morgan fingerprint density at radius 3 is 2.69 bits per heavy atom. The van der Waals surface area contributed by atoms with Crippen molar-refractivity contribution >= 4 is 6.29 Å². The number of hydrogen-bond acceptors (Lipinski definition) is 6. The monoisotopic (exact) mass is 226 g/mol. The van der Waals surface area contributed by atoms with E-state index in [1.54, 1.807) is 0 Å². The molecule has 0 amide bonds. The van der Waals surface area contributed by atoms with Crippen LogP contribution in [0.4, 0.5) is 0 Å². The third-order valence-electron chi connectivity index (χ3n) is 2.11. The number of aldehydes is 1. The summed E-state index contributed by atoms with van der Waals surface area (Å²) in [7, 11) is 2.86. The van der Waals surface area contributed by atoms with Crippen LogP contribution in [-0.2, 0) is 10.4 Å². The fourth-order valence-electron chi connectivity index (χ4n) is 1.23. The van der Waals surface area contributed by atoms with Crippen molar-refractivity contribution < 1.29 is 19.4 Å². The predicted octanol–water partition coefficient (Wildman–Crippen LogP) is 0.290. The first-order valence-corrected chi connectivity index (χ1v) is 4.66. The van der Waals surface area contributed by atoms with Crippen molar-refractivity contribution in [2.24, 2.45) is 0 Å². The molecule has 1 heterocycles. The van der Waals surface area contributed by atoms with Gasteiger partial charge in [0.2, 0.25) is 11.8 Å². The van der Waals surface area contributed by atoms with Gasteiger partial charge in [-0.05, 0) is 6.92 Å². The number of nitrogens with zero attached hydrogens (tertiary/aromatic N) is 2. The molecule has 16 heavy (non-hydrogen) atoms. The normalized spacial score (nSPS) is 14.0. The zero-order chi connectivity index (χ0) is 12.2. The Kier molecular flexibility index (Phi) is 3.78. The number of aliphatic hydroxyl groups is 1. The highest BCUT2D eigenvalue weighted by atomic mass is 16.5. The van der Waals surface area contributed by atoms with Crippen molar-refractivity contribution in [3.63, 3.8) is 0 Å². The summed E-state index contributed by atoms with van der Waals surface area (Å²) < 4.78 is 9.87. The van der Waals surface area contributed by atoms with Crippen LogP contribution in [0, 0.1) is 0 Å². The van der Waals surface area contributed by atoms with Gasteiger partial charge in [0.15, 0.2) is 0 Å². The molecule has 0 saturated carbocycles. The van der Waals surface area contributed by atoms with Gasteiger partial charge in [0.25, 0.3) is 0 Å². The fraction of sp³-hybridized carbons (Fsp3) is 0.500. The molecule has 0 saturated heterocycles. The Morgan fingerprint density at radius 2 is 2.19 bits per heavy atom. The predicted molar refractivity (Wildman–Crippen MR) is 55.4 cm³/mol. The summed E-state index contributed by atoms with van der Waals surface area (Å²) in [4.78, 5) is 18.4. The maximum absolute atomic E-state index is 10.4. The number of carbonyl (C=O) groups is 1. The van der Waals surface area contributed by atoms with Crippen LogP contribution in [0.25, 0.3) is 0 Å². The smallest absolute Gasteiger partial charge is 0.241 e. The van der Waals surface area contributed by atoms with Gasteiger partial charge in [0, 0.05) is 6.42 Å². The number of aromatic nitrogens is 2. The number of hydrogen-bond donors (Lipinski definition) is 1. The van der Waals surface area contributed by atoms with Crippen molar-refractivity contribution in [3.05, 3.63) is 11.9 Å². The molecule has 6 nitrogen and oxygen atoms in total. The zero-order valence-electron chi connectivity index (χ0n) is 9.43. The topological polar surface area (TPSA) is 81.5 Å². The second kappa shape index (κ2) is 4.89. The Morgan fingerprint density at radius 1 is 1.50 bits per heavy atom. The number of rotatable bonds is 5. The van der Waals surface area contributed by atoms with Crippen LogP contribution in [0.15, 0.2) is 6.20 Å². The molecule has 0 spiro atoms. The molecule has 0 fully saturated rings. The molecule has 1 aromatic rings. The SMILES string of the molecule is COc1cnc(C(C)(O)CC=O)c(OC)n1. The first-order chi connectivity index (χ1) is 7.55. The number of ether oxygens (including phenoxy) is 2. The number of carbonyl (C=O) groups excluding carboxylic acids is 1. The fourth-order valence-corrected chi connectivity index (χ4v) is 1.23. The first kappa shape index (κ1) is 12.4. The van der Waals surface area contributed by atoms with Crippen LogP contribution in [0.3, 0.4) is 0 Å². The van der Waals surface area contributed by atoms with E-state index in [0.29, 0.717) is 6.29 Å². The van der Waals surface area contributed by atoms with Gasteiger partial charge in [0.05, 0.1) is 20.4 Å². The molecule has 1 N–H and O–H groups in total. The average Bonchev–Trinajstić information content (AvgIpc) is 2.28. The summed E-state index contributed by atoms with van der Waals surface area (Å²) in [6, 6.07) is 0. The molecule has 0 aliphatic rings. The average molecular weight is 226 g/mol. The van der Waals surface area contributed by atoms with E-state index < -0.39 is 5.60 Å². The summed E-state index contributed by atoms with van der Waals surface area (Å²) in [6.45, 7) is 1.47. The highest BCUT2D eigenvalue weighted by Crippen LogP contribution is 2.29. The third kappa shape index (κ3) is 2.46. The van der Waals surface area contributed by atoms with Gasteiger partial charge < -0.3 is 19.4 Å². The molecule has 0 aliphatic heterocycles. The Hall–Kier alpha value is -1.69. The van der Waals surface area contributed by atoms with Gasteiger partial charge in [-0.25, -0.2) is 4.98 Å². The lowest BCUT2D eigenvalue weighted by Gasteiger charge is -2.21. The molecular formula is C10H14N2O4. The molecule has 1 aromatic heterocycles. The molecule has 0 radical (unpaired) electrons. The Balaban J connectivity index is 3.17. The summed E-state index contributed by atoms with van der Waals surface area (Å²) >= 11 is 0. The van der Waals surface area contributed by atoms with E-state index in [2.05, 4.69) is 9.97 Å². The standard InChI is InChI=1S/C10H14N2O4/c1-10(14,4-5-13)8-9(16-3)12-7(15-2)6-11-8/h5-6,14H,4H2,1-3H3.